The first-order chi connectivity index (χ1) is 10.0. The molecule has 3 aromatic rings. The molecule has 0 bridgehead atoms. The molecule has 0 atom stereocenters. The third-order valence-electron chi connectivity index (χ3n) is 3.28. The molecule has 0 radical (unpaired) electrons. The number of hydrogen-bond acceptors (Lipinski definition) is 3. The van der Waals surface area contributed by atoms with Crippen molar-refractivity contribution in [1.82, 2.24) is 9.38 Å². The molecule has 0 saturated heterocycles. The summed E-state index contributed by atoms with van der Waals surface area (Å²) in [6, 6.07) is 11.4. The predicted molar refractivity (Wildman–Crippen MR) is 84.1 cm³/mol. The van der Waals surface area contributed by atoms with Gasteiger partial charge < -0.3 is 11.1 Å². The summed E-state index contributed by atoms with van der Waals surface area (Å²) in [5.74, 6) is 0.520. The summed E-state index contributed by atoms with van der Waals surface area (Å²) < 4.78 is 1.88. The van der Waals surface area contributed by atoms with Crippen LogP contribution in [0.2, 0.25) is 0 Å². The van der Waals surface area contributed by atoms with E-state index in [1.165, 1.54) is 6.92 Å². The largest absolute Gasteiger partial charge is 0.383 e. The van der Waals surface area contributed by atoms with Crippen LogP contribution in [-0.2, 0) is 4.79 Å². The number of imidazole rings is 1. The zero-order valence-electron chi connectivity index (χ0n) is 11.9. The van der Waals surface area contributed by atoms with Crippen LogP contribution >= 0.6 is 0 Å². The molecule has 0 aliphatic carbocycles. The Morgan fingerprint density at radius 1 is 1.19 bits per heavy atom. The van der Waals surface area contributed by atoms with Crippen molar-refractivity contribution >= 4 is 23.1 Å². The van der Waals surface area contributed by atoms with Crippen molar-refractivity contribution in [2.45, 2.75) is 13.8 Å². The highest BCUT2D eigenvalue weighted by molar-refractivity contribution is 5.89. The molecular weight excluding hydrogens is 264 g/mol. The van der Waals surface area contributed by atoms with Crippen LogP contribution in [0, 0.1) is 6.92 Å². The number of pyridine rings is 1. The van der Waals surface area contributed by atoms with E-state index >= 15 is 0 Å². The summed E-state index contributed by atoms with van der Waals surface area (Å²) >= 11 is 0. The molecule has 1 aromatic carbocycles. The second kappa shape index (κ2) is 4.94. The van der Waals surface area contributed by atoms with Crippen LogP contribution < -0.4 is 11.1 Å². The molecule has 3 N–H and O–H groups in total. The summed E-state index contributed by atoms with van der Waals surface area (Å²) in [4.78, 5) is 15.6. The Balaban J connectivity index is 2.04. The smallest absolute Gasteiger partial charge is 0.221 e. The van der Waals surface area contributed by atoms with E-state index in [1.807, 2.05) is 53.9 Å². The van der Waals surface area contributed by atoms with Crippen LogP contribution in [0.25, 0.3) is 16.9 Å². The number of benzene rings is 1. The van der Waals surface area contributed by atoms with Crippen molar-refractivity contribution in [3.8, 4) is 11.3 Å². The topological polar surface area (TPSA) is 72.4 Å². The lowest BCUT2D eigenvalue weighted by atomic mass is 10.1. The fourth-order valence-corrected chi connectivity index (χ4v) is 2.30. The SMILES string of the molecule is CC(=O)Nc1ccc(-c2nc3ccc(C)cn3c2N)cc1. The number of aromatic nitrogens is 2. The molecule has 2 aromatic heterocycles. The number of carbonyl (C=O) groups excluding carboxylic acids is 1. The average molecular weight is 280 g/mol. The standard InChI is InChI=1S/C16H16N4O/c1-10-3-8-14-19-15(16(17)20(14)9-10)12-4-6-13(7-5-12)18-11(2)21/h3-9H,17H2,1-2H3,(H,18,21). The van der Waals surface area contributed by atoms with Crippen molar-refractivity contribution < 1.29 is 4.79 Å². The molecule has 0 aliphatic heterocycles. The molecule has 0 spiro atoms. The van der Waals surface area contributed by atoms with Gasteiger partial charge in [-0.3, -0.25) is 9.20 Å². The van der Waals surface area contributed by atoms with E-state index < -0.39 is 0 Å². The minimum absolute atomic E-state index is 0.0922. The van der Waals surface area contributed by atoms with Gasteiger partial charge in [0.15, 0.2) is 0 Å². The van der Waals surface area contributed by atoms with E-state index in [9.17, 15) is 4.79 Å². The number of rotatable bonds is 2. The number of amides is 1. The Kier molecular flexibility index (Phi) is 3.10. The van der Waals surface area contributed by atoms with Gasteiger partial charge in [0, 0.05) is 24.4 Å². The Morgan fingerprint density at radius 2 is 1.90 bits per heavy atom. The van der Waals surface area contributed by atoms with Gasteiger partial charge in [0.25, 0.3) is 0 Å². The summed E-state index contributed by atoms with van der Waals surface area (Å²) in [5, 5.41) is 2.74. The summed E-state index contributed by atoms with van der Waals surface area (Å²) in [6.07, 6.45) is 1.97. The second-order valence-electron chi connectivity index (χ2n) is 5.04. The van der Waals surface area contributed by atoms with Crippen LogP contribution in [0.3, 0.4) is 0 Å². The van der Waals surface area contributed by atoms with E-state index in [0.717, 1.165) is 28.2 Å². The van der Waals surface area contributed by atoms with Crippen LogP contribution in [-0.4, -0.2) is 15.3 Å². The van der Waals surface area contributed by atoms with Crippen molar-refractivity contribution in [2.75, 3.05) is 11.1 Å². The van der Waals surface area contributed by atoms with Gasteiger partial charge in [0.1, 0.15) is 17.2 Å². The number of nitrogen functional groups attached to an aromatic ring is 1. The third-order valence-corrected chi connectivity index (χ3v) is 3.28. The van der Waals surface area contributed by atoms with Crippen LogP contribution in [0.4, 0.5) is 11.5 Å². The van der Waals surface area contributed by atoms with Gasteiger partial charge in [-0.2, -0.15) is 0 Å². The highest BCUT2D eigenvalue weighted by Gasteiger charge is 2.11. The first kappa shape index (κ1) is 13.2. The minimum Gasteiger partial charge on any atom is -0.383 e. The molecular formula is C16H16N4O. The van der Waals surface area contributed by atoms with E-state index in [4.69, 9.17) is 5.73 Å². The van der Waals surface area contributed by atoms with Gasteiger partial charge in [-0.1, -0.05) is 18.2 Å². The van der Waals surface area contributed by atoms with E-state index in [2.05, 4.69) is 10.3 Å². The number of aryl methyl sites for hydroxylation is 1. The molecule has 3 rings (SSSR count). The maximum absolute atomic E-state index is 11.0. The molecule has 21 heavy (non-hydrogen) atoms. The normalized spacial score (nSPS) is 10.8. The van der Waals surface area contributed by atoms with E-state index in [-0.39, 0.29) is 5.91 Å². The Labute approximate surface area is 122 Å². The van der Waals surface area contributed by atoms with E-state index in [0.29, 0.717) is 5.82 Å². The lowest BCUT2D eigenvalue weighted by molar-refractivity contribution is -0.114. The lowest BCUT2D eigenvalue weighted by Gasteiger charge is -2.03. The van der Waals surface area contributed by atoms with Crippen molar-refractivity contribution in [3.05, 3.63) is 48.2 Å². The average Bonchev–Trinajstić information content (AvgIpc) is 2.76. The predicted octanol–water partition coefficient (Wildman–Crippen LogP) is 2.85. The zero-order chi connectivity index (χ0) is 15.0. The number of fused-ring (bicyclic) bond motifs is 1. The molecule has 5 heteroatoms. The second-order valence-corrected chi connectivity index (χ2v) is 5.04. The highest BCUT2D eigenvalue weighted by atomic mass is 16.1. The number of nitrogens with one attached hydrogen (secondary N) is 1. The number of nitrogens with zero attached hydrogens (tertiary/aromatic N) is 2. The van der Waals surface area contributed by atoms with Crippen molar-refractivity contribution in [3.63, 3.8) is 0 Å². The van der Waals surface area contributed by atoms with Crippen LogP contribution in [0.5, 0.6) is 0 Å². The van der Waals surface area contributed by atoms with Crippen molar-refractivity contribution in [1.29, 1.82) is 0 Å². The molecule has 5 nitrogen and oxygen atoms in total. The van der Waals surface area contributed by atoms with Gasteiger partial charge in [0.05, 0.1) is 0 Å². The first-order valence-electron chi connectivity index (χ1n) is 6.67. The molecule has 0 aliphatic rings. The van der Waals surface area contributed by atoms with Crippen LogP contribution in [0.15, 0.2) is 42.6 Å². The lowest BCUT2D eigenvalue weighted by Crippen LogP contribution is -2.05. The summed E-state index contributed by atoms with van der Waals surface area (Å²) in [6.45, 7) is 3.50. The molecule has 0 saturated carbocycles. The quantitative estimate of drug-likeness (QED) is 0.758. The Morgan fingerprint density at radius 3 is 2.57 bits per heavy atom. The monoisotopic (exact) mass is 280 g/mol. The Bertz CT molecular complexity index is 818. The maximum Gasteiger partial charge on any atom is 0.221 e. The van der Waals surface area contributed by atoms with Crippen molar-refractivity contribution in [2.24, 2.45) is 0 Å². The van der Waals surface area contributed by atoms with Gasteiger partial charge in [0.2, 0.25) is 5.91 Å². The van der Waals surface area contributed by atoms with Gasteiger partial charge in [-0.15, -0.1) is 0 Å². The Hall–Kier alpha value is -2.82. The molecule has 1 amide bonds. The molecule has 106 valence electrons. The molecule has 2 heterocycles. The number of hydrogen-bond donors (Lipinski definition) is 2. The highest BCUT2D eigenvalue weighted by Crippen LogP contribution is 2.27. The first-order valence-corrected chi connectivity index (χ1v) is 6.67. The van der Waals surface area contributed by atoms with Crippen LogP contribution in [0.1, 0.15) is 12.5 Å². The molecule has 0 unspecified atom stereocenters. The van der Waals surface area contributed by atoms with E-state index in [1.54, 1.807) is 0 Å². The number of nitrogens with two attached hydrogens (primary N) is 1. The zero-order valence-corrected chi connectivity index (χ0v) is 11.9. The number of anilines is 2. The fraction of sp³-hybridized carbons (Fsp3) is 0.125. The summed E-state index contributed by atoms with van der Waals surface area (Å²) in [7, 11) is 0. The fourth-order valence-electron chi connectivity index (χ4n) is 2.30. The van der Waals surface area contributed by atoms with Gasteiger partial charge >= 0.3 is 0 Å². The minimum atomic E-state index is -0.0922. The number of carbonyl (C=O) groups is 1. The van der Waals surface area contributed by atoms with Gasteiger partial charge in [-0.05, 0) is 30.7 Å². The van der Waals surface area contributed by atoms with Gasteiger partial charge in [-0.25, -0.2) is 4.98 Å². The molecule has 0 fully saturated rings. The summed E-state index contributed by atoms with van der Waals surface area (Å²) in [5.41, 5.74) is 10.6. The third kappa shape index (κ3) is 2.45. The maximum atomic E-state index is 11.0.